The number of ether oxygens (including phenoxy) is 3. The van der Waals surface area contributed by atoms with Crippen molar-refractivity contribution in [2.24, 2.45) is 0 Å². The molecule has 0 spiro atoms. The molecule has 196 valence electrons. The maximum Gasteiger partial charge on any atom is 0.306 e. The molecule has 1 aliphatic heterocycles. The van der Waals surface area contributed by atoms with Crippen molar-refractivity contribution in [1.29, 1.82) is 0 Å². The molecule has 34 heavy (non-hydrogen) atoms. The fourth-order valence-electron chi connectivity index (χ4n) is 3.31. The van der Waals surface area contributed by atoms with Crippen LogP contribution in [0.4, 0.5) is 0 Å². The molecular weight excluding hydrogens is 444 g/mol. The zero-order valence-electron chi connectivity index (χ0n) is 20.1. The second-order valence-corrected chi connectivity index (χ2v) is 8.22. The molecule has 6 atom stereocenters. The second-order valence-electron chi connectivity index (χ2n) is 8.22. The Labute approximate surface area is 202 Å². The highest BCUT2D eigenvalue weighted by Gasteiger charge is 2.44. The molecule has 0 aromatic heterocycles. The van der Waals surface area contributed by atoms with Gasteiger partial charge >= 0.3 is 5.97 Å². The molecule has 1 fully saturated rings. The van der Waals surface area contributed by atoms with E-state index in [1.807, 2.05) is 0 Å². The highest BCUT2D eigenvalue weighted by Crippen LogP contribution is 2.22. The first-order valence-corrected chi connectivity index (χ1v) is 12.1. The van der Waals surface area contributed by atoms with Gasteiger partial charge in [-0.1, -0.05) is 49.8 Å². The molecule has 9 nitrogen and oxygen atoms in total. The molecule has 0 amide bonds. The topological polar surface area (TPSA) is 146 Å². The first-order valence-electron chi connectivity index (χ1n) is 12.1. The van der Waals surface area contributed by atoms with E-state index in [0.29, 0.717) is 6.42 Å². The second kappa shape index (κ2) is 18.7. The van der Waals surface area contributed by atoms with E-state index in [4.69, 9.17) is 14.2 Å². The van der Waals surface area contributed by atoms with Crippen LogP contribution >= 0.6 is 0 Å². The van der Waals surface area contributed by atoms with Crippen LogP contribution in [0.2, 0.25) is 0 Å². The standard InChI is InChI=1S/C25H42O9/c1-2-3-4-5-6-7-8-9-10-11-12-13-14-15-21(28)33-19(16-26)18-32-25-24(31)23(30)22(29)20(17-27)34-25/h3-4,6-7,9-10,19-20,22-27,29-31H,2,5,8,11-18H2,1H3. The Morgan fingerprint density at radius 3 is 2.24 bits per heavy atom. The number of carbonyl (C=O) groups is 1. The van der Waals surface area contributed by atoms with Gasteiger partial charge in [-0.2, -0.15) is 0 Å². The molecule has 1 rings (SSSR count). The third kappa shape index (κ3) is 12.2. The van der Waals surface area contributed by atoms with Crippen LogP contribution in [-0.2, 0) is 19.0 Å². The van der Waals surface area contributed by atoms with Crippen LogP contribution in [0.25, 0.3) is 0 Å². The Balaban J connectivity index is 2.18. The van der Waals surface area contributed by atoms with E-state index in [1.54, 1.807) is 0 Å². The van der Waals surface area contributed by atoms with Gasteiger partial charge in [0, 0.05) is 6.42 Å². The smallest absolute Gasteiger partial charge is 0.306 e. The van der Waals surface area contributed by atoms with Crippen LogP contribution in [0.1, 0.15) is 58.3 Å². The molecule has 1 heterocycles. The van der Waals surface area contributed by atoms with E-state index in [0.717, 1.165) is 38.5 Å². The number of hydrogen-bond donors (Lipinski definition) is 5. The minimum Gasteiger partial charge on any atom is -0.457 e. The molecule has 0 aromatic carbocycles. The molecule has 0 aliphatic carbocycles. The van der Waals surface area contributed by atoms with Crippen molar-refractivity contribution >= 4 is 5.97 Å². The third-order valence-corrected chi connectivity index (χ3v) is 5.33. The summed E-state index contributed by atoms with van der Waals surface area (Å²) in [4.78, 5) is 12.0. The van der Waals surface area contributed by atoms with Gasteiger partial charge in [-0.15, -0.1) is 0 Å². The summed E-state index contributed by atoms with van der Waals surface area (Å²) in [7, 11) is 0. The van der Waals surface area contributed by atoms with Crippen molar-refractivity contribution in [3.8, 4) is 0 Å². The van der Waals surface area contributed by atoms with Crippen LogP contribution < -0.4 is 0 Å². The number of allylic oxidation sites excluding steroid dienone is 6. The van der Waals surface area contributed by atoms with Crippen molar-refractivity contribution in [3.05, 3.63) is 36.5 Å². The SMILES string of the molecule is CCC=CCC=CCC=CCCCCCC(=O)OC(CO)COC1OC(CO)C(O)C(O)C1O. The zero-order chi connectivity index (χ0) is 25.2. The Morgan fingerprint density at radius 2 is 1.59 bits per heavy atom. The number of rotatable bonds is 17. The number of aliphatic hydroxyl groups excluding tert-OH is 5. The van der Waals surface area contributed by atoms with Gasteiger partial charge in [-0.05, 0) is 38.5 Å². The first kappa shape index (κ1) is 30.4. The van der Waals surface area contributed by atoms with Crippen molar-refractivity contribution in [2.45, 2.75) is 95.1 Å². The fraction of sp³-hybridized carbons (Fsp3) is 0.720. The predicted molar refractivity (Wildman–Crippen MR) is 127 cm³/mol. The van der Waals surface area contributed by atoms with Gasteiger partial charge in [0.05, 0.1) is 19.8 Å². The van der Waals surface area contributed by atoms with Crippen LogP contribution in [0.15, 0.2) is 36.5 Å². The summed E-state index contributed by atoms with van der Waals surface area (Å²) in [5.41, 5.74) is 0. The lowest BCUT2D eigenvalue weighted by Gasteiger charge is -2.39. The summed E-state index contributed by atoms with van der Waals surface area (Å²) < 4.78 is 15.7. The lowest BCUT2D eigenvalue weighted by molar-refractivity contribution is -0.305. The Kier molecular flexibility index (Phi) is 16.7. The van der Waals surface area contributed by atoms with Gasteiger partial charge in [0.1, 0.15) is 30.5 Å². The lowest BCUT2D eigenvalue weighted by atomic mass is 9.99. The monoisotopic (exact) mass is 486 g/mol. The summed E-state index contributed by atoms with van der Waals surface area (Å²) in [6.45, 7) is 0.771. The minimum atomic E-state index is -1.56. The summed E-state index contributed by atoms with van der Waals surface area (Å²) in [5, 5.41) is 48.1. The molecule has 0 aromatic rings. The number of esters is 1. The quantitative estimate of drug-likeness (QED) is 0.117. The molecule has 1 saturated heterocycles. The van der Waals surface area contributed by atoms with Gasteiger partial charge in [-0.3, -0.25) is 4.79 Å². The maximum atomic E-state index is 12.0. The van der Waals surface area contributed by atoms with Gasteiger partial charge in [0.15, 0.2) is 6.29 Å². The average Bonchev–Trinajstić information content (AvgIpc) is 2.84. The van der Waals surface area contributed by atoms with Crippen LogP contribution in [0.5, 0.6) is 0 Å². The van der Waals surface area contributed by atoms with Crippen LogP contribution in [-0.4, -0.2) is 88.1 Å². The molecule has 1 aliphatic rings. The number of carbonyl (C=O) groups excluding carboxylic acids is 1. The fourth-order valence-corrected chi connectivity index (χ4v) is 3.31. The lowest BCUT2D eigenvalue weighted by Crippen LogP contribution is -2.59. The van der Waals surface area contributed by atoms with E-state index in [-0.39, 0.29) is 13.0 Å². The number of unbranched alkanes of at least 4 members (excludes halogenated alkanes) is 3. The third-order valence-electron chi connectivity index (χ3n) is 5.33. The van der Waals surface area contributed by atoms with Gasteiger partial charge in [0.25, 0.3) is 0 Å². The molecule has 0 radical (unpaired) electrons. The van der Waals surface area contributed by atoms with Crippen molar-refractivity contribution < 1.29 is 44.5 Å². The van der Waals surface area contributed by atoms with Crippen LogP contribution in [0, 0.1) is 0 Å². The van der Waals surface area contributed by atoms with Gasteiger partial charge in [-0.25, -0.2) is 0 Å². The highest BCUT2D eigenvalue weighted by molar-refractivity contribution is 5.69. The van der Waals surface area contributed by atoms with E-state index < -0.39 is 56.0 Å². The zero-order valence-corrected chi connectivity index (χ0v) is 20.1. The summed E-state index contributed by atoms with van der Waals surface area (Å²) in [6, 6.07) is 0. The van der Waals surface area contributed by atoms with Crippen LogP contribution in [0.3, 0.4) is 0 Å². The highest BCUT2D eigenvalue weighted by atomic mass is 16.7. The van der Waals surface area contributed by atoms with Gasteiger partial charge < -0.3 is 39.7 Å². The Hall–Kier alpha value is -1.59. The van der Waals surface area contributed by atoms with Crippen molar-refractivity contribution in [3.63, 3.8) is 0 Å². The number of aliphatic hydroxyl groups is 5. The van der Waals surface area contributed by atoms with E-state index in [1.165, 1.54) is 0 Å². The molecular formula is C25H42O9. The largest absolute Gasteiger partial charge is 0.457 e. The van der Waals surface area contributed by atoms with E-state index >= 15 is 0 Å². The Bertz CT molecular complexity index is 618. The normalized spacial score (nSPS) is 26.6. The molecule has 0 saturated carbocycles. The summed E-state index contributed by atoms with van der Waals surface area (Å²) in [6.07, 6.45) is 11.5. The molecule has 5 N–H and O–H groups in total. The number of hydrogen-bond acceptors (Lipinski definition) is 9. The molecule has 6 unspecified atom stereocenters. The van der Waals surface area contributed by atoms with Crippen molar-refractivity contribution in [1.82, 2.24) is 0 Å². The van der Waals surface area contributed by atoms with E-state index in [2.05, 4.69) is 43.4 Å². The van der Waals surface area contributed by atoms with Gasteiger partial charge in [0.2, 0.25) is 0 Å². The Morgan fingerprint density at radius 1 is 0.912 bits per heavy atom. The minimum absolute atomic E-state index is 0.217. The summed E-state index contributed by atoms with van der Waals surface area (Å²) in [5.74, 6) is -0.464. The average molecular weight is 487 g/mol. The summed E-state index contributed by atoms with van der Waals surface area (Å²) >= 11 is 0. The maximum absolute atomic E-state index is 12.0. The van der Waals surface area contributed by atoms with E-state index in [9.17, 15) is 30.3 Å². The van der Waals surface area contributed by atoms with Crippen molar-refractivity contribution in [2.75, 3.05) is 19.8 Å². The molecule has 9 heteroatoms. The molecule has 0 bridgehead atoms. The first-order chi connectivity index (χ1) is 16.4. The predicted octanol–water partition coefficient (Wildman–Crippen LogP) is 1.52.